The normalized spacial score (nSPS) is 12.4. The molecule has 2 rings (SSSR count). The fourth-order valence-corrected chi connectivity index (χ4v) is 2.62. The van der Waals surface area contributed by atoms with Crippen molar-refractivity contribution >= 4 is 23.3 Å². The van der Waals surface area contributed by atoms with Crippen LogP contribution < -0.4 is 5.32 Å². The summed E-state index contributed by atoms with van der Waals surface area (Å²) in [6.07, 6.45) is 3.03. The molecule has 0 aliphatic heterocycles. The van der Waals surface area contributed by atoms with Gasteiger partial charge in [0.05, 0.1) is 13.2 Å². The Morgan fingerprint density at radius 1 is 1.32 bits per heavy atom. The average Bonchev–Trinajstić information content (AvgIpc) is 3.08. The minimum Gasteiger partial charge on any atom is -0.394 e. The van der Waals surface area contributed by atoms with Crippen LogP contribution in [0.2, 0.25) is 0 Å². The van der Waals surface area contributed by atoms with E-state index in [9.17, 15) is 4.79 Å². The quantitative estimate of drug-likeness (QED) is 0.736. The van der Waals surface area contributed by atoms with Gasteiger partial charge in [-0.15, -0.1) is 0 Å². The monoisotopic (exact) mass is 317 g/mol. The van der Waals surface area contributed by atoms with E-state index in [4.69, 9.17) is 9.84 Å². The summed E-state index contributed by atoms with van der Waals surface area (Å²) in [5.74, 6) is -0.170. The van der Waals surface area contributed by atoms with Crippen molar-refractivity contribution in [3.8, 4) is 0 Å². The van der Waals surface area contributed by atoms with Crippen molar-refractivity contribution in [3.05, 3.63) is 64.4 Å². The Kier molecular flexibility index (Phi) is 6.83. The molecule has 0 spiro atoms. The molecule has 0 radical (unpaired) electrons. The van der Waals surface area contributed by atoms with Gasteiger partial charge in [0.2, 0.25) is 5.91 Å². The zero-order valence-corrected chi connectivity index (χ0v) is 13.0. The van der Waals surface area contributed by atoms with Crippen molar-refractivity contribution in [2.75, 3.05) is 19.8 Å². The van der Waals surface area contributed by atoms with E-state index < -0.39 is 0 Å². The number of aliphatic hydroxyl groups excluding tert-OH is 1. The second-order valence-corrected chi connectivity index (χ2v) is 5.41. The third kappa shape index (κ3) is 5.44. The number of ether oxygens (including phenoxy) is 1. The Morgan fingerprint density at radius 3 is 2.82 bits per heavy atom. The van der Waals surface area contributed by atoms with Crippen LogP contribution in [0.25, 0.3) is 6.08 Å². The molecule has 116 valence electrons. The van der Waals surface area contributed by atoms with Crippen molar-refractivity contribution in [1.82, 2.24) is 5.32 Å². The molecule has 4 nitrogen and oxygen atoms in total. The summed E-state index contributed by atoms with van der Waals surface area (Å²) in [7, 11) is 0. The Hall–Kier alpha value is -1.95. The molecule has 0 saturated carbocycles. The van der Waals surface area contributed by atoms with Crippen molar-refractivity contribution in [2.24, 2.45) is 0 Å². The molecular weight excluding hydrogens is 298 g/mol. The third-order valence-electron chi connectivity index (χ3n) is 3.01. The van der Waals surface area contributed by atoms with Crippen molar-refractivity contribution in [1.29, 1.82) is 0 Å². The van der Waals surface area contributed by atoms with E-state index in [1.807, 2.05) is 47.2 Å². The van der Waals surface area contributed by atoms with Gasteiger partial charge in [-0.1, -0.05) is 30.3 Å². The summed E-state index contributed by atoms with van der Waals surface area (Å²) in [5, 5.41) is 15.6. The van der Waals surface area contributed by atoms with Crippen molar-refractivity contribution in [3.63, 3.8) is 0 Å². The van der Waals surface area contributed by atoms with Crippen LogP contribution in [0.5, 0.6) is 0 Å². The smallest absolute Gasteiger partial charge is 0.244 e. The number of benzene rings is 1. The molecule has 1 unspecified atom stereocenters. The molecule has 1 amide bonds. The Bertz CT molecular complexity index is 581. The first-order chi connectivity index (χ1) is 10.8. The summed E-state index contributed by atoms with van der Waals surface area (Å²) >= 11 is 1.57. The first-order valence-corrected chi connectivity index (χ1v) is 7.99. The summed E-state index contributed by atoms with van der Waals surface area (Å²) in [6, 6.07) is 11.6. The summed E-state index contributed by atoms with van der Waals surface area (Å²) in [4.78, 5) is 11.9. The maximum absolute atomic E-state index is 11.9. The van der Waals surface area contributed by atoms with Gasteiger partial charge >= 0.3 is 0 Å². The standard InChI is InChI=1S/C17H19NO3S/c19-9-10-21-16(15-8-11-22-13-15)12-18-17(20)7-6-14-4-2-1-3-5-14/h1-8,11,13,16,19H,9-10,12H2,(H,18,20)/b7-6+. The Balaban J connectivity index is 1.86. The van der Waals surface area contributed by atoms with E-state index in [1.165, 1.54) is 6.08 Å². The van der Waals surface area contributed by atoms with Gasteiger partial charge in [0, 0.05) is 12.6 Å². The van der Waals surface area contributed by atoms with Gasteiger partial charge in [-0.2, -0.15) is 11.3 Å². The van der Waals surface area contributed by atoms with E-state index >= 15 is 0 Å². The van der Waals surface area contributed by atoms with Gasteiger partial charge in [-0.05, 0) is 34.0 Å². The number of hydrogen-bond acceptors (Lipinski definition) is 4. The van der Waals surface area contributed by atoms with Gasteiger partial charge < -0.3 is 15.2 Å². The maximum atomic E-state index is 11.9. The van der Waals surface area contributed by atoms with Crippen LogP contribution in [0.3, 0.4) is 0 Å². The molecule has 0 aliphatic rings. The number of amides is 1. The average molecular weight is 317 g/mol. The molecule has 0 aliphatic carbocycles. The lowest BCUT2D eigenvalue weighted by atomic mass is 10.2. The van der Waals surface area contributed by atoms with Crippen LogP contribution in [-0.2, 0) is 9.53 Å². The SMILES string of the molecule is O=C(/C=C/c1ccccc1)NCC(OCCO)c1ccsc1. The van der Waals surface area contributed by atoms with Gasteiger partial charge in [0.25, 0.3) is 0 Å². The minimum atomic E-state index is -0.243. The van der Waals surface area contributed by atoms with Gasteiger partial charge in [-0.3, -0.25) is 4.79 Å². The topological polar surface area (TPSA) is 58.6 Å². The van der Waals surface area contributed by atoms with Crippen LogP contribution in [0.15, 0.2) is 53.2 Å². The van der Waals surface area contributed by atoms with Crippen LogP contribution in [-0.4, -0.2) is 30.8 Å². The lowest BCUT2D eigenvalue weighted by Gasteiger charge is -2.16. The molecule has 0 bridgehead atoms. The Labute approximate surface area is 134 Å². The molecule has 22 heavy (non-hydrogen) atoms. The first-order valence-electron chi connectivity index (χ1n) is 7.05. The molecular formula is C17H19NO3S. The first kappa shape index (κ1) is 16.4. The maximum Gasteiger partial charge on any atom is 0.244 e. The number of hydrogen-bond donors (Lipinski definition) is 2. The fraction of sp³-hybridized carbons (Fsp3) is 0.235. The highest BCUT2D eigenvalue weighted by Crippen LogP contribution is 2.19. The minimum absolute atomic E-state index is 0.0392. The van der Waals surface area contributed by atoms with E-state index in [0.29, 0.717) is 6.54 Å². The lowest BCUT2D eigenvalue weighted by Crippen LogP contribution is -2.28. The van der Waals surface area contributed by atoms with Crippen molar-refractivity contribution in [2.45, 2.75) is 6.10 Å². The summed E-state index contributed by atoms with van der Waals surface area (Å²) in [6.45, 7) is 0.577. The zero-order valence-electron chi connectivity index (χ0n) is 12.1. The molecule has 5 heteroatoms. The van der Waals surface area contributed by atoms with Crippen LogP contribution in [0.4, 0.5) is 0 Å². The van der Waals surface area contributed by atoms with E-state index in [-0.39, 0.29) is 25.2 Å². The third-order valence-corrected chi connectivity index (χ3v) is 3.72. The molecule has 2 aromatic rings. The van der Waals surface area contributed by atoms with Gasteiger partial charge in [0.1, 0.15) is 6.10 Å². The molecule has 2 N–H and O–H groups in total. The van der Waals surface area contributed by atoms with Crippen molar-refractivity contribution < 1.29 is 14.6 Å². The second-order valence-electron chi connectivity index (χ2n) is 4.63. The number of rotatable bonds is 8. The fourth-order valence-electron chi connectivity index (χ4n) is 1.91. The zero-order chi connectivity index (χ0) is 15.6. The van der Waals surface area contributed by atoms with Gasteiger partial charge in [-0.25, -0.2) is 0 Å². The van der Waals surface area contributed by atoms with Gasteiger partial charge in [0.15, 0.2) is 0 Å². The summed E-state index contributed by atoms with van der Waals surface area (Å²) < 4.78 is 5.57. The largest absolute Gasteiger partial charge is 0.394 e. The molecule has 1 aromatic heterocycles. The summed E-state index contributed by atoms with van der Waals surface area (Å²) in [5.41, 5.74) is 1.98. The number of aliphatic hydroxyl groups is 1. The molecule has 1 heterocycles. The van der Waals surface area contributed by atoms with Crippen LogP contribution in [0, 0.1) is 0 Å². The van der Waals surface area contributed by atoms with E-state index in [1.54, 1.807) is 17.4 Å². The Morgan fingerprint density at radius 2 is 2.14 bits per heavy atom. The highest BCUT2D eigenvalue weighted by Gasteiger charge is 2.13. The lowest BCUT2D eigenvalue weighted by molar-refractivity contribution is -0.117. The number of carbonyl (C=O) groups is 1. The number of thiophene rings is 1. The predicted molar refractivity (Wildman–Crippen MR) is 88.6 cm³/mol. The van der Waals surface area contributed by atoms with Crippen LogP contribution >= 0.6 is 11.3 Å². The number of nitrogens with one attached hydrogen (secondary N) is 1. The highest BCUT2D eigenvalue weighted by atomic mass is 32.1. The number of carbonyl (C=O) groups excluding carboxylic acids is 1. The van der Waals surface area contributed by atoms with E-state index in [2.05, 4.69) is 5.32 Å². The molecule has 1 aromatic carbocycles. The molecule has 0 saturated heterocycles. The predicted octanol–water partition coefficient (Wildman–Crippen LogP) is 2.63. The second kappa shape index (κ2) is 9.15. The highest BCUT2D eigenvalue weighted by molar-refractivity contribution is 7.07. The molecule has 1 atom stereocenters. The van der Waals surface area contributed by atoms with E-state index in [0.717, 1.165) is 11.1 Å². The molecule has 0 fully saturated rings. The van der Waals surface area contributed by atoms with Crippen LogP contribution in [0.1, 0.15) is 17.2 Å².